The Morgan fingerprint density at radius 2 is 1.56 bits per heavy atom. The zero-order valence-corrected chi connectivity index (χ0v) is 15.3. The van der Waals surface area contributed by atoms with Gasteiger partial charge in [0.1, 0.15) is 0 Å². The average Bonchev–Trinajstić information content (AvgIpc) is 2.53. The largest absolute Gasteiger partial charge is 0.331 e. The number of carbonyl (C=O) groups excluding carboxylic acids is 2. The highest BCUT2D eigenvalue weighted by atomic mass is 16.2. The monoisotopic (exact) mass is 341 g/mol. The van der Waals surface area contributed by atoms with Crippen LogP contribution in [0.15, 0.2) is 24.3 Å². The van der Waals surface area contributed by atoms with Crippen molar-refractivity contribution >= 4 is 17.4 Å². The van der Waals surface area contributed by atoms with Crippen molar-refractivity contribution in [1.29, 1.82) is 0 Å². The number of ketones is 1. The molecule has 1 atom stereocenters. The lowest BCUT2D eigenvalue weighted by Gasteiger charge is -2.55. The summed E-state index contributed by atoms with van der Waals surface area (Å²) in [5.74, 6) is 2.80. The molecule has 4 fully saturated rings. The van der Waals surface area contributed by atoms with Crippen LogP contribution in [-0.4, -0.2) is 23.3 Å². The third-order valence-corrected chi connectivity index (χ3v) is 6.66. The highest BCUT2D eigenvalue weighted by molar-refractivity contribution is 5.96. The topological polar surface area (TPSA) is 62.8 Å². The Labute approximate surface area is 149 Å². The van der Waals surface area contributed by atoms with Crippen molar-refractivity contribution in [2.75, 3.05) is 5.32 Å². The Balaban J connectivity index is 1.38. The molecule has 3 N–H and O–H groups in total. The van der Waals surface area contributed by atoms with Crippen LogP contribution in [0.4, 0.5) is 5.69 Å². The minimum absolute atomic E-state index is 0.0430. The number of hydrogen-bond acceptors (Lipinski definition) is 2. The van der Waals surface area contributed by atoms with Crippen molar-refractivity contribution in [3.8, 4) is 0 Å². The molecule has 4 aliphatic rings. The number of benzene rings is 1. The first-order valence-electron chi connectivity index (χ1n) is 9.70. The van der Waals surface area contributed by atoms with Gasteiger partial charge in [-0.25, -0.2) is 0 Å². The van der Waals surface area contributed by atoms with Crippen molar-refractivity contribution < 1.29 is 14.9 Å². The van der Waals surface area contributed by atoms with E-state index in [2.05, 4.69) is 10.6 Å². The smallest absolute Gasteiger partial charge is 0.282 e. The van der Waals surface area contributed by atoms with Gasteiger partial charge in [0, 0.05) is 30.5 Å². The molecule has 4 aliphatic carbocycles. The van der Waals surface area contributed by atoms with Crippen LogP contribution in [0, 0.1) is 17.8 Å². The second-order valence-electron chi connectivity index (χ2n) is 8.86. The maximum atomic E-state index is 12.6. The summed E-state index contributed by atoms with van der Waals surface area (Å²) in [7, 11) is 0. The minimum Gasteiger partial charge on any atom is -0.331 e. The van der Waals surface area contributed by atoms with Gasteiger partial charge in [-0.15, -0.1) is 0 Å². The van der Waals surface area contributed by atoms with Gasteiger partial charge in [-0.2, -0.15) is 0 Å². The molecular weight excluding hydrogens is 312 g/mol. The average molecular weight is 341 g/mol. The fourth-order valence-corrected chi connectivity index (χ4v) is 6.03. The molecule has 4 saturated carbocycles. The van der Waals surface area contributed by atoms with Gasteiger partial charge in [-0.3, -0.25) is 9.59 Å². The number of amides is 1. The van der Waals surface area contributed by atoms with E-state index < -0.39 is 0 Å². The molecule has 4 heteroatoms. The summed E-state index contributed by atoms with van der Waals surface area (Å²) in [5.41, 5.74) is 1.75. The quantitative estimate of drug-likeness (QED) is 0.809. The predicted octanol–water partition coefficient (Wildman–Crippen LogP) is 2.75. The van der Waals surface area contributed by atoms with E-state index in [1.54, 1.807) is 19.1 Å². The molecule has 0 saturated heterocycles. The van der Waals surface area contributed by atoms with Crippen LogP contribution >= 0.6 is 0 Å². The molecule has 0 radical (unpaired) electrons. The van der Waals surface area contributed by atoms with Gasteiger partial charge in [0.05, 0.1) is 5.54 Å². The Kier molecular flexibility index (Phi) is 4.19. The number of Topliss-reactive ketones (excluding diaryl/α,β-unsaturated/α-hetero) is 1. The lowest BCUT2D eigenvalue weighted by atomic mass is 9.53. The molecule has 4 bridgehead atoms. The van der Waals surface area contributed by atoms with Crippen LogP contribution < -0.4 is 10.6 Å². The molecule has 0 spiro atoms. The van der Waals surface area contributed by atoms with E-state index in [0.29, 0.717) is 11.1 Å². The highest BCUT2D eigenvalue weighted by Crippen LogP contribution is 2.54. The van der Waals surface area contributed by atoms with Gasteiger partial charge in [0.2, 0.25) is 0 Å². The molecule has 25 heavy (non-hydrogen) atoms. The molecular formula is C21H29N2O2+. The van der Waals surface area contributed by atoms with Gasteiger partial charge in [-0.1, -0.05) is 0 Å². The van der Waals surface area contributed by atoms with E-state index in [1.807, 2.05) is 19.1 Å². The zero-order valence-electron chi connectivity index (χ0n) is 15.3. The third-order valence-electron chi connectivity index (χ3n) is 6.66. The molecule has 0 heterocycles. The molecule has 4 nitrogen and oxygen atoms in total. The van der Waals surface area contributed by atoms with Gasteiger partial charge in [0.25, 0.3) is 5.91 Å². The van der Waals surface area contributed by atoms with E-state index in [0.717, 1.165) is 23.4 Å². The Morgan fingerprint density at radius 1 is 1.04 bits per heavy atom. The summed E-state index contributed by atoms with van der Waals surface area (Å²) in [5, 5.41) is 5.38. The fraction of sp³-hybridized carbons (Fsp3) is 0.619. The van der Waals surface area contributed by atoms with Crippen LogP contribution in [0.5, 0.6) is 0 Å². The highest BCUT2D eigenvalue weighted by Gasteiger charge is 2.54. The number of carbonyl (C=O) groups is 2. The Morgan fingerprint density at radius 3 is 2.04 bits per heavy atom. The standard InChI is InChI=1S/C21H28N2O2/c1-13(20(25)22-19-5-3-18(4-6-19)14(2)24)23-21-10-15-7-16(11-21)9-17(8-15)12-21/h3-6,13,15-17,23H,7-12H2,1-2H3,(H,22,25)/p+1/t13-,15?,16?,17?,21?/m1/s1. The lowest BCUT2D eigenvalue weighted by Crippen LogP contribution is -3.03. The van der Waals surface area contributed by atoms with E-state index >= 15 is 0 Å². The second kappa shape index (κ2) is 6.24. The fourth-order valence-electron chi connectivity index (χ4n) is 6.03. The predicted molar refractivity (Wildman–Crippen MR) is 97.4 cm³/mol. The van der Waals surface area contributed by atoms with Gasteiger partial charge in [-0.05, 0) is 75.1 Å². The molecule has 134 valence electrons. The van der Waals surface area contributed by atoms with E-state index in [1.165, 1.54) is 38.5 Å². The zero-order chi connectivity index (χ0) is 17.6. The number of anilines is 1. The van der Waals surface area contributed by atoms with Gasteiger partial charge < -0.3 is 10.6 Å². The number of nitrogens with one attached hydrogen (secondary N) is 1. The number of quaternary nitrogens is 1. The number of nitrogens with two attached hydrogens (primary N) is 1. The summed E-state index contributed by atoms with van der Waals surface area (Å²) in [6.45, 7) is 3.58. The molecule has 0 unspecified atom stereocenters. The van der Waals surface area contributed by atoms with Crippen LogP contribution in [0.1, 0.15) is 62.7 Å². The molecule has 0 aromatic heterocycles. The maximum absolute atomic E-state index is 12.6. The van der Waals surface area contributed by atoms with Gasteiger partial charge in [0.15, 0.2) is 11.8 Å². The van der Waals surface area contributed by atoms with Gasteiger partial charge >= 0.3 is 0 Å². The van der Waals surface area contributed by atoms with Crippen molar-refractivity contribution in [1.82, 2.24) is 0 Å². The first-order chi connectivity index (χ1) is 11.9. The Bertz CT molecular complexity index is 644. The van der Waals surface area contributed by atoms with Crippen LogP contribution in [0.2, 0.25) is 0 Å². The maximum Gasteiger partial charge on any atom is 0.282 e. The minimum atomic E-state index is -0.0799. The van der Waals surface area contributed by atoms with Crippen molar-refractivity contribution in [3.63, 3.8) is 0 Å². The van der Waals surface area contributed by atoms with Crippen molar-refractivity contribution in [2.45, 2.75) is 64.0 Å². The molecule has 1 aromatic carbocycles. The summed E-state index contributed by atoms with van der Waals surface area (Å²) in [4.78, 5) is 24.0. The normalized spacial score (nSPS) is 33.9. The first kappa shape index (κ1) is 16.8. The van der Waals surface area contributed by atoms with Crippen LogP contribution in [-0.2, 0) is 4.79 Å². The van der Waals surface area contributed by atoms with E-state index in [4.69, 9.17) is 0 Å². The summed E-state index contributed by atoms with van der Waals surface area (Å²) < 4.78 is 0. The van der Waals surface area contributed by atoms with E-state index in [-0.39, 0.29) is 17.7 Å². The SMILES string of the molecule is CC(=O)c1ccc(NC(=O)[C@@H](C)[NH2+]C23CC4CC(CC(C4)C2)C3)cc1. The summed E-state index contributed by atoms with van der Waals surface area (Å²) in [6, 6.07) is 7.08. The van der Waals surface area contributed by atoms with Crippen molar-refractivity contribution in [2.24, 2.45) is 17.8 Å². The number of rotatable bonds is 5. The summed E-state index contributed by atoms with van der Waals surface area (Å²) >= 11 is 0. The second-order valence-corrected chi connectivity index (χ2v) is 8.86. The lowest BCUT2D eigenvalue weighted by molar-refractivity contribution is -0.754. The van der Waals surface area contributed by atoms with E-state index in [9.17, 15) is 9.59 Å². The summed E-state index contributed by atoms with van der Waals surface area (Å²) in [6.07, 6.45) is 8.17. The third kappa shape index (κ3) is 3.37. The molecule has 1 amide bonds. The number of hydrogen-bond donors (Lipinski definition) is 2. The molecule has 1 aromatic rings. The Hall–Kier alpha value is -1.68. The first-order valence-corrected chi connectivity index (χ1v) is 9.70. The van der Waals surface area contributed by atoms with Crippen LogP contribution in [0.3, 0.4) is 0 Å². The molecule has 5 rings (SSSR count). The van der Waals surface area contributed by atoms with Crippen molar-refractivity contribution in [3.05, 3.63) is 29.8 Å². The van der Waals surface area contributed by atoms with Crippen LogP contribution in [0.25, 0.3) is 0 Å². The molecule has 0 aliphatic heterocycles.